The molecule has 1 atom stereocenters. The lowest BCUT2D eigenvalue weighted by atomic mass is 9.88. The zero-order valence-electron chi connectivity index (χ0n) is 14.6. The molecule has 0 radical (unpaired) electrons. The topological polar surface area (TPSA) is 109 Å². The smallest absolute Gasteiger partial charge is 0.181 e. The van der Waals surface area contributed by atoms with Gasteiger partial charge in [-0.05, 0) is 60.7 Å². The Labute approximate surface area is 158 Å². The summed E-state index contributed by atoms with van der Waals surface area (Å²) in [4.78, 5) is 3.85. The highest BCUT2D eigenvalue weighted by Gasteiger charge is 2.23. The fourth-order valence-corrected chi connectivity index (χ4v) is 3.42. The van der Waals surface area contributed by atoms with Crippen LogP contribution in [0, 0.1) is 16.7 Å². The van der Waals surface area contributed by atoms with Crippen LogP contribution in [0.5, 0.6) is 5.75 Å². The molecule has 1 aliphatic rings. The first-order valence-corrected chi connectivity index (χ1v) is 8.72. The van der Waals surface area contributed by atoms with E-state index in [-0.39, 0.29) is 13.2 Å². The second-order valence-corrected chi connectivity index (χ2v) is 6.51. The lowest BCUT2D eigenvalue weighted by molar-refractivity contribution is 0.183. The van der Waals surface area contributed by atoms with Crippen molar-refractivity contribution in [1.82, 2.24) is 4.98 Å². The van der Waals surface area contributed by atoms with Gasteiger partial charge in [-0.15, -0.1) is 0 Å². The fourth-order valence-electron chi connectivity index (χ4n) is 3.42. The molecule has 2 aromatic carbocycles. The first-order chi connectivity index (χ1) is 13.2. The van der Waals surface area contributed by atoms with Gasteiger partial charge in [0.15, 0.2) is 12.2 Å². The van der Waals surface area contributed by atoms with Crippen LogP contribution in [0.1, 0.15) is 48.4 Å². The molecule has 0 fully saturated rings. The summed E-state index contributed by atoms with van der Waals surface area (Å²) in [7, 11) is 0. The third-order valence-electron chi connectivity index (χ3n) is 4.78. The average Bonchev–Trinajstić information content (AvgIpc) is 3.23. The number of fused-ring (bicyclic) bond motifs is 1. The Morgan fingerprint density at radius 1 is 1.33 bits per heavy atom. The zero-order chi connectivity index (χ0) is 18.8. The molecule has 136 valence electrons. The molecule has 0 bridgehead atoms. The summed E-state index contributed by atoms with van der Waals surface area (Å²) in [5.41, 5.74) is 10.2. The van der Waals surface area contributed by atoms with Crippen molar-refractivity contribution in [2.45, 2.75) is 25.4 Å². The van der Waals surface area contributed by atoms with Crippen molar-refractivity contribution in [1.29, 1.82) is 10.7 Å². The van der Waals surface area contributed by atoms with Crippen LogP contribution in [0.4, 0.5) is 5.69 Å². The molecule has 6 heteroatoms. The fraction of sp³-hybridized carbons (Fsp3) is 0.190. The van der Waals surface area contributed by atoms with E-state index in [1.54, 1.807) is 12.1 Å². The van der Waals surface area contributed by atoms with Crippen LogP contribution in [-0.4, -0.2) is 10.7 Å². The molecule has 6 nitrogen and oxygen atoms in total. The van der Waals surface area contributed by atoms with E-state index < -0.39 is 0 Å². The number of rotatable bonds is 4. The molecule has 4 rings (SSSR count). The Balaban J connectivity index is 0.00000225. The number of benzene rings is 2. The van der Waals surface area contributed by atoms with Gasteiger partial charge in [-0.2, -0.15) is 5.26 Å². The molecule has 27 heavy (non-hydrogen) atoms. The summed E-state index contributed by atoms with van der Waals surface area (Å²) in [5.74, 6) is 0.997. The largest absolute Gasteiger partial charge is 0.486 e. The molecule has 1 aromatic heterocycles. The average molecular weight is 360 g/mol. The van der Waals surface area contributed by atoms with Crippen LogP contribution < -0.4 is 10.5 Å². The van der Waals surface area contributed by atoms with Crippen LogP contribution >= 0.6 is 0 Å². The summed E-state index contributed by atoms with van der Waals surface area (Å²) in [6.45, 7) is 0. The minimum absolute atomic E-state index is 0. The van der Waals surface area contributed by atoms with Gasteiger partial charge in [0, 0.05) is 12.7 Å². The lowest BCUT2D eigenvalue weighted by Gasteiger charge is -2.26. The van der Waals surface area contributed by atoms with Crippen molar-refractivity contribution in [3.63, 3.8) is 0 Å². The molecule has 1 heterocycles. The highest BCUT2D eigenvalue weighted by atomic mass is 16.5. The number of aromatic nitrogens is 1. The normalized spacial score (nSPS) is 15.6. The summed E-state index contributed by atoms with van der Waals surface area (Å²) >= 11 is 0. The van der Waals surface area contributed by atoms with Crippen LogP contribution in [0.2, 0.25) is 0 Å². The third kappa shape index (κ3) is 3.27. The van der Waals surface area contributed by atoms with Crippen molar-refractivity contribution in [2.75, 3.05) is 5.73 Å². The van der Waals surface area contributed by atoms with Gasteiger partial charge < -0.3 is 14.9 Å². The molecular formula is C21H20N4O2. The molecule has 3 N–H and O–H groups in total. The van der Waals surface area contributed by atoms with Crippen LogP contribution in [-0.2, 0) is 6.42 Å². The van der Waals surface area contributed by atoms with Crippen molar-refractivity contribution < 1.29 is 10.6 Å². The predicted molar refractivity (Wildman–Crippen MR) is 103 cm³/mol. The van der Waals surface area contributed by atoms with Crippen molar-refractivity contribution >= 4 is 11.4 Å². The summed E-state index contributed by atoms with van der Waals surface area (Å²) in [5, 5.41) is 17.4. The Kier molecular flexibility index (Phi) is 4.35. The second-order valence-electron chi connectivity index (χ2n) is 6.51. The first kappa shape index (κ1) is 16.9. The van der Waals surface area contributed by atoms with Gasteiger partial charge in [0.05, 0.1) is 17.8 Å². The number of oxazole rings is 1. The molecule has 0 amide bonds. The molecule has 1 aliphatic carbocycles. The van der Waals surface area contributed by atoms with Crippen LogP contribution in [0.15, 0.2) is 53.4 Å². The molecule has 0 saturated carbocycles. The van der Waals surface area contributed by atoms with E-state index in [1.807, 2.05) is 24.3 Å². The van der Waals surface area contributed by atoms with E-state index in [0.29, 0.717) is 28.3 Å². The number of nitrogens with two attached hydrogens (primary N) is 1. The molecule has 3 aromatic rings. The number of nitrogens with one attached hydrogen (secondary N) is 1. The van der Waals surface area contributed by atoms with E-state index in [2.05, 4.69) is 11.1 Å². The quantitative estimate of drug-likeness (QED) is 0.534. The van der Waals surface area contributed by atoms with E-state index >= 15 is 0 Å². The van der Waals surface area contributed by atoms with Crippen molar-refractivity contribution in [2.24, 2.45) is 0 Å². The number of hydrogen-bond donors (Lipinski definition) is 2. The first-order valence-electron chi connectivity index (χ1n) is 8.72. The van der Waals surface area contributed by atoms with Crippen molar-refractivity contribution in [3.8, 4) is 11.8 Å². The van der Waals surface area contributed by atoms with Crippen LogP contribution in [0.3, 0.4) is 0 Å². The van der Waals surface area contributed by atoms with Gasteiger partial charge in [-0.3, -0.25) is 5.41 Å². The predicted octanol–water partition coefficient (Wildman–Crippen LogP) is 4.25. The van der Waals surface area contributed by atoms with Gasteiger partial charge in [0.2, 0.25) is 0 Å². The maximum absolute atomic E-state index is 9.10. The van der Waals surface area contributed by atoms with E-state index in [0.717, 1.165) is 30.4 Å². The maximum Gasteiger partial charge on any atom is 0.181 e. The zero-order valence-corrected chi connectivity index (χ0v) is 14.6. The Hall–Kier alpha value is -3.59. The van der Waals surface area contributed by atoms with Crippen molar-refractivity contribution in [3.05, 3.63) is 77.0 Å². The number of ether oxygens (including phenoxy) is 1. The van der Waals surface area contributed by atoms with Crippen LogP contribution in [0.25, 0.3) is 0 Å². The van der Waals surface area contributed by atoms with Gasteiger partial charge in [0.1, 0.15) is 17.6 Å². The Morgan fingerprint density at radius 3 is 3.00 bits per heavy atom. The standard InChI is InChI=1S/C21H18N4O2.H2/c22-10-13-4-6-16-14(8-13)2-1-3-19(16)27-15-5-7-18(23)17(9-15)21(24)20-11-25-12-26-20;/h4-9,11-12,19,24H,1-3,23H2;1H. The molecule has 1 unspecified atom stereocenters. The van der Waals surface area contributed by atoms with Gasteiger partial charge in [0.25, 0.3) is 0 Å². The van der Waals surface area contributed by atoms with Gasteiger partial charge in [-0.1, -0.05) is 6.07 Å². The highest BCUT2D eigenvalue weighted by molar-refractivity contribution is 6.12. The third-order valence-corrected chi connectivity index (χ3v) is 4.78. The Morgan fingerprint density at radius 2 is 2.22 bits per heavy atom. The number of hydrogen-bond acceptors (Lipinski definition) is 6. The van der Waals surface area contributed by atoms with Gasteiger partial charge >= 0.3 is 0 Å². The number of nitrogen functional groups attached to an aromatic ring is 1. The van der Waals surface area contributed by atoms with Gasteiger partial charge in [-0.25, -0.2) is 4.98 Å². The number of aryl methyl sites for hydroxylation is 1. The minimum Gasteiger partial charge on any atom is -0.486 e. The maximum atomic E-state index is 9.10. The minimum atomic E-state index is -0.0857. The van der Waals surface area contributed by atoms with E-state index in [1.165, 1.54) is 12.6 Å². The number of nitriles is 1. The number of nitrogens with zero attached hydrogens (tertiary/aromatic N) is 2. The monoisotopic (exact) mass is 360 g/mol. The Bertz CT molecular complexity index is 1040. The number of anilines is 1. The molecule has 0 spiro atoms. The summed E-state index contributed by atoms with van der Waals surface area (Å²) < 4.78 is 11.4. The summed E-state index contributed by atoms with van der Waals surface area (Å²) in [6.07, 6.45) is 5.54. The second kappa shape index (κ2) is 6.96. The highest BCUT2D eigenvalue weighted by Crippen LogP contribution is 2.35. The van der Waals surface area contributed by atoms with E-state index in [9.17, 15) is 0 Å². The van der Waals surface area contributed by atoms with E-state index in [4.69, 9.17) is 25.6 Å². The summed E-state index contributed by atoms with van der Waals surface area (Å²) in [6, 6.07) is 13.2. The molecular weight excluding hydrogens is 340 g/mol. The molecule has 0 aliphatic heterocycles. The molecule has 0 saturated heterocycles. The SMILES string of the molecule is N#Cc1ccc2c(c1)CCCC2Oc1ccc(N)c(C(=N)c2cnco2)c1.[HH]. The lowest BCUT2D eigenvalue weighted by Crippen LogP contribution is -2.16.